The Kier molecular flexibility index (Phi) is 4.72. The van der Waals surface area contributed by atoms with Gasteiger partial charge in [-0.3, -0.25) is 9.78 Å². The van der Waals surface area contributed by atoms with Crippen LogP contribution in [0.5, 0.6) is 0 Å². The molecule has 0 fully saturated rings. The number of pyridine rings is 2. The first-order valence-electron chi connectivity index (χ1n) is 8.67. The number of benzene rings is 1. The Balaban J connectivity index is 1.73. The molecule has 0 aliphatic heterocycles. The van der Waals surface area contributed by atoms with Crippen molar-refractivity contribution in [1.29, 1.82) is 0 Å². The van der Waals surface area contributed by atoms with Gasteiger partial charge in [0.25, 0.3) is 0 Å². The molecule has 1 N–H and O–H groups in total. The van der Waals surface area contributed by atoms with Gasteiger partial charge in [-0.2, -0.15) is 0 Å². The number of rotatable bonds is 4. The lowest BCUT2D eigenvalue weighted by Gasteiger charge is -2.03. The predicted octanol–water partition coefficient (Wildman–Crippen LogP) is 3.74. The van der Waals surface area contributed by atoms with Gasteiger partial charge in [0.2, 0.25) is 5.91 Å². The molecule has 4 rings (SSSR count). The maximum absolute atomic E-state index is 13.5. The lowest BCUT2D eigenvalue weighted by Crippen LogP contribution is -2.10. The molecule has 0 saturated carbocycles. The Labute approximate surface area is 160 Å². The van der Waals surface area contributed by atoms with Crippen LogP contribution in [0, 0.1) is 5.82 Å². The average Bonchev–Trinajstić information content (AvgIpc) is 3.11. The highest BCUT2D eigenvalue weighted by atomic mass is 19.1. The monoisotopic (exact) mass is 373 g/mol. The van der Waals surface area contributed by atoms with Crippen LogP contribution in [0.1, 0.15) is 18.3 Å². The van der Waals surface area contributed by atoms with E-state index in [4.69, 9.17) is 0 Å². The van der Waals surface area contributed by atoms with E-state index in [2.05, 4.69) is 24.9 Å². The smallest absolute Gasteiger partial charge is 0.242 e. The minimum absolute atomic E-state index is 0.272. The molecule has 1 aromatic carbocycles. The van der Waals surface area contributed by atoms with Crippen molar-refractivity contribution in [3.8, 4) is 11.1 Å². The number of nitrogens with one attached hydrogen (secondary N) is 1. The molecule has 138 valence electrons. The van der Waals surface area contributed by atoms with Crippen LogP contribution in [0.2, 0.25) is 0 Å². The molecule has 3 heterocycles. The Morgan fingerprint density at radius 1 is 1.14 bits per heavy atom. The van der Waals surface area contributed by atoms with E-state index in [1.807, 2.05) is 18.2 Å². The van der Waals surface area contributed by atoms with Crippen LogP contribution in [0.15, 0.2) is 66.0 Å². The number of hydrogen-bond acceptors (Lipinski definition) is 4. The molecule has 0 unspecified atom stereocenters. The zero-order chi connectivity index (χ0) is 19.5. The number of halogens is 1. The minimum atomic E-state index is -0.350. The summed E-state index contributed by atoms with van der Waals surface area (Å²) in [6.45, 7) is 1.37. The van der Waals surface area contributed by atoms with Gasteiger partial charge in [-0.15, -0.1) is 0 Å². The highest BCUT2D eigenvalue weighted by Crippen LogP contribution is 2.21. The second-order valence-corrected chi connectivity index (χ2v) is 6.30. The van der Waals surface area contributed by atoms with Crippen molar-refractivity contribution in [3.63, 3.8) is 0 Å². The SMILES string of the molecule is CC(=O)N=C(Cc1cccc(F)c1)c1nc2ncc(-c3ccncc3)cc2[nH]1. The van der Waals surface area contributed by atoms with Gasteiger partial charge in [0.1, 0.15) is 5.82 Å². The van der Waals surface area contributed by atoms with Gasteiger partial charge in [0.15, 0.2) is 11.5 Å². The van der Waals surface area contributed by atoms with Crippen molar-refractivity contribution in [2.45, 2.75) is 13.3 Å². The van der Waals surface area contributed by atoms with E-state index in [1.165, 1.54) is 19.1 Å². The number of amides is 1. The molecule has 0 radical (unpaired) electrons. The summed E-state index contributed by atoms with van der Waals surface area (Å²) in [6, 6.07) is 11.9. The summed E-state index contributed by atoms with van der Waals surface area (Å²) in [5.41, 5.74) is 4.27. The number of fused-ring (bicyclic) bond motifs is 1. The fourth-order valence-corrected chi connectivity index (χ4v) is 2.95. The summed E-state index contributed by atoms with van der Waals surface area (Å²) in [5, 5.41) is 0. The number of carbonyl (C=O) groups excluding carboxylic acids is 1. The summed E-state index contributed by atoms with van der Waals surface area (Å²) >= 11 is 0. The van der Waals surface area contributed by atoms with Crippen molar-refractivity contribution in [2.75, 3.05) is 0 Å². The number of imidazole rings is 1. The molecular formula is C21H16FN5O. The zero-order valence-corrected chi connectivity index (χ0v) is 15.1. The molecule has 0 bridgehead atoms. The summed E-state index contributed by atoms with van der Waals surface area (Å²) in [7, 11) is 0. The Morgan fingerprint density at radius 3 is 2.71 bits per heavy atom. The Hall–Kier alpha value is -3.74. The van der Waals surface area contributed by atoms with Crippen LogP contribution in [0.25, 0.3) is 22.3 Å². The van der Waals surface area contributed by atoms with Crippen molar-refractivity contribution in [3.05, 3.63) is 78.3 Å². The van der Waals surface area contributed by atoms with Gasteiger partial charge in [-0.25, -0.2) is 19.4 Å². The molecule has 6 nitrogen and oxygen atoms in total. The van der Waals surface area contributed by atoms with Gasteiger partial charge in [0.05, 0.1) is 11.2 Å². The summed E-state index contributed by atoms with van der Waals surface area (Å²) in [6.07, 6.45) is 5.44. The van der Waals surface area contributed by atoms with Crippen LogP contribution < -0.4 is 0 Å². The van der Waals surface area contributed by atoms with E-state index in [-0.39, 0.29) is 18.1 Å². The van der Waals surface area contributed by atoms with Gasteiger partial charge in [0, 0.05) is 37.5 Å². The van der Waals surface area contributed by atoms with E-state index in [0.717, 1.165) is 16.6 Å². The second kappa shape index (κ2) is 7.48. The van der Waals surface area contributed by atoms with Gasteiger partial charge in [-0.1, -0.05) is 12.1 Å². The van der Waals surface area contributed by atoms with Gasteiger partial charge < -0.3 is 4.98 Å². The summed E-state index contributed by atoms with van der Waals surface area (Å²) in [4.78, 5) is 31.7. The standard InChI is InChI=1S/C21H16FN5O/c1-13(28)25-18(10-14-3-2-4-17(22)9-14)21-26-19-11-16(12-24-20(19)27-21)15-5-7-23-8-6-15/h2-9,11-12H,10H2,1H3,(H,24,26,27). The Bertz CT molecular complexity index is 1180. The fraction of sp³-hybridized carbons (Fsp3) is 0.0952. The normalized spacial score (nSPS) is 11.7. The maximum Gasteiger partial charge on any atom is 0.242 e. The lowest BCUT2D eigenvalue weighted by molar-refractivity contribution is -0.115. The van der Waals surface area contributed by atoms with Crippen LogP contribution in [-0.2, 0) is 11.2 Å². The fourth-order valence-electron chi connectivity index (χ4n) is 2.95. The molecule has 0 spiro atoms. The average molecular weight is 373 g/mol. The third kappa shape index (κ3) is 3.83. The number of H-pyrrole nitrogens is 1. The summed E-state index contributed by atoms with van der Waals surface area (Å²) in [5.74, 6) is -0.251. The van der Waals surface area contributed by atoms with Gasteiger partial charge >= 0.3 is 0 Å². The molecule has 3 aromatic heterocycles. The molecule has 7 heteroatoms. The van der Waals surface area contributed by atoms with E-state index in [1.54, 1.807) is 30.7 Å². The minimum Gasteiger partial charge on any atom is -0.336 e. The van der Waals surface area contributed by atoms with Crippen molar-refractivity contribution >= 4 is 22.8 Å². The molecule has 28 heavy (non-hydrogen) atoms. The highest BCUT2D eigenvalue weighted by Gasteiger charge is 2.14. The summed E-state index contributed by atoms with van der Waals surface area (Å²) < 4.78 is 13.5. The van der Waals surface area contributed by atoms with Crippen molar-refractivity contribution in [2.24, 2.45) is 4.99 Å². The first kappa shape index (κ1) is 17.7. The van der Waals surface area contributed by atoms with Crippen LogP contribution in [0.3, 0.4) is 0 Å². The molecule has 0 saturated heterocycles. The molecule has 1 amide bonds. The van der Waals surface area contributed by atoms with Crippen LogP contribution >= 0.6 is 0 Å². The molecule has 0 aliphatic rings. The van der Waals surface area contributed by atoms with E-state index < -0.39 is 0 Å². The number of nitrogens with zero attached hydrogens (tertiary/aromatic N) is 4. The van der Waals surface area contributed by atoms with Crippen molar-refractivity contribution < 1.29 is 9.18 Å². The lowest BCUT2D eigenvalue weighted by atomic mass is 10.1. The quantitative estimate of drug-likeness (QED) is 0.552. The molecule has 0 aliphatic carbocycles. The van der Waals surface area contributed by atoms with E-state index in [9.17, 15) is 9.18 Å². The molecule has 0 atom stereocenters. The third-order valence-electron chi connectivity index (χ3n) is 4.18. The van der Waals surface area contributed by atoms with E-state index >= 15 is 0 Å². The first-order chi connectivity index (χ1) is 13.6. The Morgan fingerprint density at radius 2 is 1.96 bits per heavy atom. The molecular weight excluding hydrogens is 357 g/mol. The predicted molar refractivity (Wildman–Crippen MR) is 104 cm³/mol. The maximum atomic E-state index is 13.5. The largest absolute Gasteiger partial charge is 0.336 e. The number of aromatic nitrogens is 4. The van der Waals surface area contributed by atoms with Crippen LogP contribution in [0.4, 0.5) is 4.39 Å². The van der Waals surface area contributed by atoms with Crippen molar-refractivity contribution in [1.82, 2.24) is 19.9 Å². The topological polar surface area (TPSA) is 83.9 Å². The highest BCUT2D eigenvalue weighted by molar-refractivity contribution is 6.06. The molecule has 4 aromatic rings. The second-order valence-electron chi connectivity index (χ2n) is 6.30. The zero-order valence-electron chi connectivity index (χ0n) is 15.1. The van der Waals surface area contributed by atoms with Gasteiger partial charge in [-0.05, 0) is 41.5 Å². The first-order valence-corrected chi connectivity index (χ1v) is 8.67. The number of hydrogen-bond donors (Lipinski definition) is 1. The number of carbonyl (C=O) groups is 1. The number of aromatic amines is 1. The van der Waals surface area contributed by atoms with Crippen LogP contribution in [-0.4, -0.2) is 31.6 Å². The van der Waals surface area contributed by atoms with E-state index in [0.29, 0.717) is 22.7 Å². The third-order valence-corrected chi connectivity index (χ3v) is 4.18. The number of aliphatic imine (C=N–C) groups is 1.